The van der Waals surface area contributed by atoms with Crippen LogP contribution in [0.25, 0.3) is 11.0 Å². The fraction of sp³-hybridized carbons (Fsp3) is 0.350. The number of aromatic nitrogens is 2. The second kappa shape index (κ2) is 7.48. The van der Waals surface area contributed by atoms with Gasteiger partial charge in [-0.05, 0) is 49.1 Å². The summed E-state index contributed by atoms with van der Waals surface area (Å²) >= 11 is 12.0. The van der Waals surface area contributed by atoms with Crippen LogP contribution in [0, 0.1) is 0 Å². The van der Waals surface area contributed by atoms with Crippen LogP contribution < -0.4 is 4.90 Å². The highest BCUT2D eigenvalue weighted by Crippen LogP contribution is 2.36. The van der Waals surface area contributed by atoms with Crippen LogP contribution in [-0.2, 0) is 12.7 Å². The van der Waals surface area contributed by atoms with Gasteiger partial charge < -0.3 is 9.47 Å². The first-order valence-corrected chi connectivity index (χ1v) is 9.85. The number of piperidine rings is 1. The summed E-state index contributed by atoms with van der Waals surface area (Å²) in [6.07, 6.45) is -1.35. The van der Waals surface area contributed by atoms with Crippen LogP contribution in [-0.4, -0.2) is 22.6 Å². The molecular weight excluding hydrogens is 410 g/mol. The summed E-state index contributed by atoms with van der Waals surface area (Å²) in [4.78, 5) is 6.16. The molecule has 0 spiro atoms. The summed E-state index contributed by atoms with van der Waals surface area (Å²) < 4.78 is 42.5. The summed E-state index contributed by atoms with van der Waals surface area (Å²) in [5, 5.41) is 0.676. The van der Waals surface area contributed by atoms with Gasteiger partial charge in [0, 0.05) is 19.6 Å². The Morgan fingerprint density at radius 3 is 2.39 bits per heavy atom. The number of anilines is 1. The van der Waals surface area contributed by atoms with E-state index in [4.69, 9.17) is 23.2 Å². The Morgan fingerprint density at radius 2 is 1.71 bits per heavy atom. The monoisotopic (exact) mass is 427 g/mol. The summed E-state index contributed by atoms with van der Waals surface area (Å²) in [6.45, 7) is 1.67. The van der Waals surface area contributed by atoms with E-state index in [0.717, 1.165) is 38.0 Å². The van der Waals surface area contributed by atoms with E-state index in [0.29, 0.717) is 26.6 Å². The molecule has 8 heteroatoms. The van der Waals surface area contributed by atoms with Crippen molar-refractivity contribution in [2.45, 2.75) is 32.0 Å². The first-order chi connectivity index (χ1) is 13.3. The molecule has 1 saturated heterocycles. The van der Waals surface area contributed by atoms with E-state index in [-0.39, 0.29) is 6.54 Å². The van der Waals surface area contributed by atoms with E-state index in [2.05, 4.69) is 9.88 Å². The predicted octanol–water partition coefficient (Wildman–Crippen LogP) is 6.40. The average molecular weight is 428 g/mol. The second-order valence-electron chi connectivity index (χ2n) is 6.96. The van der Waals surface area contributed by atoms with Gasteiger partial charge in [0.1, 0.15) is 5.52 Å². The highest BCUT2D eigenvalue weighted by Gasteiger charge is 2.38. The van der Waals surface area contributed by atoms with Gasteiger partial charge in [-0.3, -0.25) is 0 Å². The maximum Gasteiger partial charge on any atom is 0.449 e. The molecule has 148 valence electrons. The van der Waals surface area contributed by atoms with Crippen LogP contribution >= 0.6 is 23.2 Å². The lowest BCUT2D eigenvalue weighted by Crippen LogP contribution is -2.29. The molecule has 3 aromatic rings. The fourth-order valence-electron chi connectivity index (χ4n) is 3.72. The lowest BCUT2D eigenvalue weighted by atomic mass is 10.1. The molecule has 0 unspecified atom stereocenters. The minimum atomic E-state index is -4.56. The molecule has 0 saturated carbocycles. The largest absolute Gasteiger partial charge is 0.449 e. The van der Waals surface area contributed by atoms with E-state index in [1.165, 1.54) is 4.57 Å². The van der Waals surface area contributed by atoms with Gasteiger partial charge in [-0.25, -0.2) is 4.98 Å². The van der Waals surface area contributed by atoms with E-state index >= 15 is 0 Å². The Labute approximate surface area is 170 Å². The van der Waals surface area contributed by atoms with Crippen molar-refractivity contribution in [2.24, 2.45) is 0 Å². The van der Waals surface area contributed by atoms with Crippen LogP contribution in [0.15, 0.2) is 36.4 Å². The molecule has 0 bridgehead atoms. The third-order valence-corrected chi connectivity index (χ3v) is 5.77. The summed E-state index contributed by atoms with van der Waals surface area (Å²) in [6, 6.07) is 10.2. The number of para-hydroxylation sites is 1. The van der Waals surface area contributed by atoms with Gasteiger partial charge in [0.15, 0.2) is 0 Å². The van der Waals surface area contributed by atoms with Crippen LogP contribution in [0.1, 0.15) is 30.7 Å². The van der Waals surface area contributed by atoms with E-state index in [1.54, 1.807) is 30.3 Å². The van der Waals surface area contributed by atoms with Crippen LogP contribution in [0.2, 0.25) is 10.0 Å². The molecule has 0 amide bonds. The summed E-state index contributed by atoms with van der Waals surface area (Å²) in [5.74, 6) is -0.905. The highest BCUT2D eigenvalue weighted by atomic mass is 35.5. The number of halogens is 5. The number of fused-ring (bicyclic) bond motifs is 1. The molecule has 1 aliphatic rings. The molecule has 28 heavy (non-hydrogen) atoms. The van der Waals surface area contributed by atoms with Crippen molar-refractivity contribution < 1.29 is 13.2 Å². The topological polar surface area (TPSA) is 21.1 Å². The number of benzene rings is 2. The standard InChI is InChI=1S/C20H18Cl2F3N3/c21-14-8-7-13(11-15(14)22)12-28-17-6-4-5-16(27-9-2-1-3-10-27)18(17)26-19(28)20(23,24)25/h4-8,11H,1-3,9-10,12H2. The normalized spacial score (nSPS) is 15.4. The van der Waals surface area contributed by atoms with Gasteiger partial charge >= 0.3 is 6.18 Å². The third kappa shape index (κ3) is 3.67. The molecule has 0 atom stereocenters. The fourth-order valence-corrected chi connectivity index (χ4v) is 4.04. The molecule has 1 fully saturated rings. The van der Waals surface area contributed by atoms with Crippen LogP contribution in [0.4, 0.5) is 18.9 Å². The highest BCUT2D eigenvalue weighted by molar-refractivity contribution is 6.42. The zero-order valence-corrected chi connectivity index (χ0v) is 16.5. The molecule has 1 aromatic heterocycles. The lowest BCUT2D eigenvalue weighted by molar-refractivity contribution is -0.146. The average Bonchev–Trinajstić information content (AvgIpc) is 3.04. The lowest BCUT2D eigenvalue weighted by Gasteiger charge is -2.28. The number of hydrogen-bond acceptors (Lipinski definition) is 2. The first-order valence-electron chi connectivity index (χ1n) is 9.10. The first kappa shape index (κ1) is 19.4. The minimum absolute atomic E-state index is 0.00564. The van der Waals surface area contributed by atoms with Gasteiger partial charge in [-0.1, -0.05) is 35.3 Å². The van der Waals surface area contributed by atoms with Gasteiger partial charge in [0.25, 0.3) is 0 Å². The summed E-state index contributed by atoms with van der Waals surface area (Å²) in [7, 11) is 0. The van der Waals surface area contributed by atoms with E-state index in [1.807, 2.05) is 6.07 Å². The summed E-state index contributed by atoms with van der Waals surface area (Å²) in [5.41, 5.74) is 2.23. The molecular formula is C20H18Cl2F3N3. The van der Waals surface area contributed by atoms with Crippen LogP contribution in [0.5, 0.6) is 0 Å². The quantitative estimate of drug-likeness (QED) is 0.481. The smallest absolute Gasteiger partial charge is 0.370 e. The Balaban J connectivity index is 1.84. The van der Waals surface area contributed by atoms with Crippen molar-refractivity contribution in [3.63, 3.8) is 0 Å². The van der Waals surface area contributed by atoms with Crippen molar-refractivity contribution in [3.05, 3.63) is 57.8 Å². The van der Waals surface area contributed by atoms with Gasteiger partial charge in [-0.15, -0.1) is 0 Å². The Bertz CT molecular complexity index is 1010. The number of imidazole rings is 1. The number of rotatable bonds is 3. The predicted molar refractivity (Wildman–Crippen MR) is 106 cm³/mol. The zero-order valence-electron chi connectivity index (χ0n) is 14.9. The molecule has 3 nitrogen and oxygen atoms in total. The molecule has 1 aliphatic heterocycles. The van der Waals surface area contributed by atoms with Gasteiger partial charge in [0.05, 0.1) is 21.2 Å². The van der Waals surface area contributed by atoms with Crippen molar-refractivity contribution in [1.82, 2.24) is 9.55 Å². The van der Waals surface area contributed by atoms with E-state index in [9.17, 15) is 13.2 Å². The molecule has 2 heterocycles. The molecule has 2 aromatic carbocycles. The maximum atomic E-state index is 13.8. The van der Waals surface area contributed by atoms with E-state index < -0.39 is 12.0 Å². The second-order valence-corrected chi connectivity index (χ2v) is 7.77. The number of nitrogens with zero attached hydrogens (tertiary/aromatic N) is 3. The minimum Gasteiger partial charge on any atom is -0.370 e. The van der Waals surface area contributed by atoms with Crippen molar-refractivity contribution in [3.8, 4) is 0 Å². The van der Waals surface area contributed by atoms with Gasteiger partial charge in [0.2, 0.25) is 5.82 Å². The Morgan fingerprint density at radius 1 is 0.964 bits per heavy atom. The van der Waals surface area contributed by atoms with Gasteiger partial charge in [-0.2, -0.15) is 13.2 Å². The Hall–Kier alpha value is -1.92. The Kier molecular flexibility index (Phi) is 5.19. The molecule has 0 aliphatic carbocycles. The van der Waals surface area contributed by atoms with Crippen LogP contribution in [0.3, 0.4) is 0 Å². The number of alkyl halides is 3. The molecule has 4 rings (SSSR count). The van der Waals surface area contributed by atoms with Crippen molar-refractivity contribution >= 4 is 39.9 Å². The maximum absolute atomic E-state index is 13.8. The SMILES string of the molecule is FC(F)(F)c1nc2c(N3CCCCC3)cccc2n1Cc1ccc(Cl)c(Cl)c1. The van der Waals surface area contributed by atoms with Crippen molar-refractivity contribution in [2.75, 3.05) is 18.0 Å². The third-order valence-electron chi connectivity index (χ3n) is 5.03. The zero-order chi connectivity index (χ0) is 19.9. The molecule has 0 radical (unpaired) electrons. The number of hydrogen-bond donors (Lipinski definition) is 0. The van der Waals surface area contributed by atoms with Crippen molar-refractivity contribution in [1.29, 1.82) is 0 Å². The molecule has 0 N–H and O–H groups in total.